The summed E-state index contributed by atoms with van der Waals surface area (Å²) in [7, 11) is 0. The molecule has 1 heteroatoms. The molecule has 0 spiro atoms. The fraction of sp³-hybridized carbons (Fsp3) is 0.385. The van der Waals surface area contributed by atoms with Crippen LogP contribution in [0.5, 0.6) is 0 Å². The molecule has 0 radical (unpaired) electrons. The molecule has 0 heterocycles. The molecule has 2 rings (SSSR count). The smallest absolute Gasteiger partial charge is 0.0551 e. The van der Waals surface area contributed by atoms with Crippen molar-refractivity contribution in [2.75, 3.05) is 0 Å². The maximum Gasteiger partial charge on any atom is 0.0551 e. The van der Waals surface area contributed by atoms with Crippen LogP contribution >= 0.6 is 0 Å². The van der Waals surface area contributed by atoms with E-state index in [1.54, 1.807) is 0 Å². The molecule has 0 saturated heterocycles. The van der Waals surface area contributed by atoms with Crippen molar-refractivity contribution in [1.82, 2.24) is 0 Å². The third-order valence-electron chi connectivity index (χ3n) is 3.32. The standard InChI is InChI=1S/C13H15N/c1-3-8-13(14)10(2)9-11-6-4-5-7-12(11)13/h1,4-7,10H,8-9,14H2,2H3/t10-,13-/m1/s1. The topological polar surface area (TPSA) is 26.0 Å². The largest absolute Gasteiger partial charge is 0.320 e. The zero-order valence-corrected chi connectivity index (χ0v) is 8.46. The van der Waals surface area contributed by atoms with Crippen LogP contribution in [0.3, 0.4) is 0 Å². The van der Waals surface area contributed by atoms with Gasteiger partial charge in [0, 0.05) is 6.42 Å². The Morgan fingerprint density at radius 2 is 2.29 bits per heavy atom. The van der Waals surface area contributed by atoms with Gasteiger partial charge in [-0.25, -0.2) is 0 Å². The zero-order valence-electron chi connectivity index (χ0n) is 8.46. The molecule has 1 aliphatic rings. The Hall–Kier alpha value is -1.26. The molecule has 1 aromatic rings. The third-order valence-corrected chi connectivity index (χ3v) is 3.32. The van der Waals surface area contributed by atoms with Gasteiger partial charge in [-0.05, 0) is 23.5 Å². The molecule has 2 atom stereocenters. The molecule has 0 aromatic heterocycles. The van der Waals surface area contributed by atoms with E-state index in [0.29, 0.717) is 12.3 Å². The van der Waals surface area contributed by atoms with Crippen LogP contribution in [-0.4, -0.2) is 0 Å². The van der Waals surface area contributed by atoms with Crippen molar-refractivity contribution >= 4 is 0 Å². The minimum Gasteiger partial charge on any atom is -0.320 e. The molecule has 0 fully saturated rings. The summed E-state index contributed by atoms with van der Waals surface area (Å²) in [5.74, 6) is 3.14. The summed E-state index contributed by atoms with van der Waals surface area (Å²) in [5, 5.41) is 0. The number of nitrogens with two attached hydrogens (primary N) is 1. The summed E-state index contributed by atoms with van der Waals surface area (Å²) in [6.45, 7) is 2.18. The monoisotopic (exact) mass is 185 g/mol. The molecule has 1 nitrogen and oxygen atoms in total. The van der Waals surface area contributed by atoms with Gasteiger partial charge in [-0.15, -0.1) is 12.3 Å². The lowest BCUT2D eigenvalue weighted by Gasteiger charge is -2.28. The summed E-state index contributed by atoms with van der Waals surface area (Å²) in [5.41, 5.74) is 8.68. The van der Waals surface area contributed by atoms with Gasteiger partial charge >= 0.3 is 0 Å². The number of hydrogen-bond donors (Lipinski definition) is 1. The average molecular weight is 185 g/mol. The fourth-order valence-electron chi connectivity index (χ4n) is 2.37. The summed E-state index contributed by atoms with van der Waals surface area (Å²) < 4.78 is 0. The molecule has 0 bridgehead atoms. The Balaban J connectivity index is 2.50. The highest BCUT2D eigenvalue weighted by Crippen LogP contribution is 2.41. The van der Waals surface area contributed by atoms with Crippen LogP contribution in [-0.2, 0) is 12.0 Å². The van der Waals surface area contributed by atoms with Gasteiger partial charge in [-0.2, -0.15) is 0 Å². The molecular weight excluding hydrogens is 170 g/mol. The minimum absolute atomic E-state index is 0.300. The van der Waals surface area contributed by atoms with Gasteiger partial charge in [0.25, 0.3) is 0 Å². The Morgan fingerprint density at radius 1 is 1.57 bits per heavy atom. The van der Waals surface area contributed by atoms with E-state index >= 15 is 0 Å². The van der Waals surface area contributed by atoms with Crippen LogP contribution in [0.4, 0.5) is 0 Å². The van der Waals surface area contributed by atoms with Crippen molar-refractivity contribution in [1.29, 1.82) is 0 Å². The van der Waals surface area contributed by atoms with E-state index in [0.717, 1.165) is 6.42 Å². The Labute approximate surface area is 85.3 Å². The summed E-state index contributed by atoms with van der Waals surface area (Å²) in [6.07, 6.45) is 7.06. The second-order valence-electron chi connectivity index (χ2n) is 4.18. The molecule has 0 amide bonds. The van der Waals surface area contributed by atoms with Crippen molar-refractivity contribution in [3.8, 4) is 12.3 Å². The molecule has 0 saturated carbocycles. The van der Waals surface area contributed by atoms with E-state index < -0.39 is 0 Å². The van der Waals surface area contributed by atoms with Gasteiger partial charge in [0.2, 0.25) is 0 Å². The second-order valence-corrected chi connectivity index (χ2v) is 4.18. The normalized spacial score (nSPS) is 29.6. The zero-order chi connectivity index (χ0) is 10.2. The summed E-state index contributed by atoms with van der Waals surface area (Å²) in [4.78, 5) is 0. The maximum atomic E-state index is 6.38. The number of rotatable bonds is 1. The second kappa shape index (κ2) is 3.15. The van der Waals surface area contributed by atoms with Crippen LogP contribution in [0.15, 0.2) is 24.3 Å². The quantitative estimate of drug-likeness (QED) is 0.666. The van der Waals surface area contributed by atoms with Gasteiger partial charge in [0.15, 0.2) is 0 Å². The lowest BCUT2D eigenvalue weighted by molar-refractivity contribution is 0.332. The van der Waals surface area contributed by atoms with E-state index in [1.165, 1.54) is 11.1 Å². The van der Waals surface area contributed by atoms with E-state index in [1.807, 2.05) is 6.07 Å². The Kier molecular flexibility index (Phi) is 2.09. The molecule has 72 valence electrons. The lowest BCUT2D eigenvalue weighted by Crippen LogP contribution is -2.39. The van der Waals surface area contributed by atoms with E-state index in [4.69, 9.17) is 12.2 Å². The van der Waals surface area contributed by atoms with Gasteiger partial charge in [0.05, 0.1) is 5.54 Å². The molecule has 2 N–H and O–H groups in total. The highest BCUT2D eigenvalue weighted by molar-refractivity contribution is 5.40. The molecule has 0 unspecified atom stereocenters. The number of fused-ring (bicyclic) bond motifs is 1. The predicted molar refractivity (Wildman–Crippen MR) is 58.6 cm³/mol. The van der Waals surface area contributed by atoms with E-state index in [2.05, 4.69) is 31.0 Å². The predicted octanol–water partition coefficient (Wildman–Crippen LogP) is 2.06. The first kappa shape index (κ1) is 9.30. The molecule has 1 aromatic carbocycles. The van der Waals surface area contributed by atoms with E-state index in [9.17, 15) is 0 Å². The van der Waals surface area contributed by atoms with Crippen molar-refractivity contribution in [2.45, 2.75) is 25.3 Å². The SMILES string of the molecule is C#CC[C@]1(N)c2ccccc2C[C@H]1C. The molecule has 14 heavy (non-hydrogen) atoms. The first-order valence-corrected chi connectivity index (χ1v) is 4.99. The maximum absolute atomic E-state index is 6.38. The van der Waals surface area contributed by atoms with Crippen LogP contribution in [0.2, 0.25) is 0 Å². The van der Waals surface area contributed by atoms with Gasteiger partial charge in [0.1, 0.15) is 0 Å². The third kappa shape index (κ3) is 1.15. The number of benzene rings is 1. The Morgan fingerprint density at radius 3 is 3.00 bits per heavy atom. The minimum atomic E-state index is -0.300. The lowest BCUT2D eigenvalue weighted by atomic mass is 9.83. The number of terminal acetylenes is 1. The molecule has 1 aliphatic carbocycles. The number of hydrogen-bond acceptors (Lipinski definition) is 1. The molecular formula is C13H15N. The highest BCUT2D eigenvalue weighted by Gasteiger charge is 2.40. The fourth-order valence-corrected chi connectivity index (χ4v) is 2.37. The highest BCUT2D eigenvalue weighted by atomic mass is 14.8. The van der Waals surface area contributed by atoms with E-state index in [-0.39, 0.29) is 5.54 Å². The van der Waals surface area contributed by atoms with Crippen molar-refractivity contribution in [3.63, 3.8) is 0 Å². The van der Waals surface area contributed by atoms with Crippen molar-refractivity contribution in [3.05, 3.63) is 35.4 Å². The Bertz CT molecular complexity index is 388. The average Bonchev–Trinajstić information content (AvgIpc) is 2.41. The van der Waals surface area contributed by atoms with Crippen molar-refractivity contribution in [2.24, 2.45) is 11.7 Å². The van der Waals surface area contributed by atoms with Gasteiger partial charge < -0.3 is 5.73 Å². The van der Waals surface area contributed by atoms with Gasteiger partial charge in [-0.3, -0.25) is 0 Å². The van der Waals surface area contributed by atoms with Gasteiger partial charge in [-0.1, -0.05) is 31.2 Å². The summed E-state index contributed by atoms with van der Waals surface area (Å²) >= 11 is 0. The van der Waals surface area contributed by atoms with Crippen molar-refractivity contribution < 1.29 is 0 Å². The molecule has 0 aliphatic heterocycles. The van der Waals surface area contributed by atoms with Crippen LogP contribution in [0.1, 0.15) is 24.5 Å². The first-order chi connectivity index (χ1) is 6.68. The summed E-state index contributed by atoms with van der Waals surface area (Å²) in [6, 6.07) is 8.36. The van der Waals surface area contributed by atoms with Crippen LogP contribution in [0, 0.1) is 18.3 Å². The van der Waals surface area contributed by atoms with Crippen LogP contribution in [0.25, 0.3) is 0 Å². The van der Waals surface area contributed by atoms with Crippen LogP contribution < -0.4 is 5.73 Å². The first-order valence-electron chi connectivity index (χ1n) is 4.99.